The van der Waals surface area contributed by atoms with Gasteiger partial charge in [-0.1, -0.05) is 29.8 Å². The van der Waals surface area contributed by atoms with E-state index in [9.17, 15) is 9.18 Å². The number of methoxy groups -OCH3 is 2. The molecule has 4 aromatic rings. The number of nitrogens with one attached hydrogen (secondary N) is 3. The lowest BCUT2D eigenvalue weighted by Crippen LogP contribution is -2.20. The Morgan fingerprint density at radius 1 is 0.968 bits per heavy atom. The molecule has 0 radical (unpaired) electrons. The number of ether oxygens (including phenoxy) is 2. The number of H-pyrrole nitrogens is 1. The molecule has 2 amide bonds. The van der Waals surface area contributed by atoms with E-state index in [1.165, 1.54) is 26.4 Å². The van der Waals surface area contributed by atoms with E-state index in [1.807, 2.05) is 24.3 Å². The van der Waals surface area contributed by atoms with E-state index in [2.05, 4.69) is 15.6 Å². The fourth-order valence-electron chi connectivity index (χ4n) is 3.33. The Kier molecular flexibility index (Phi) is 5.68. The number of carbonyl (C=O) groups is 1. The maximum atomic E-state index is 13.4. The van der Waals surface area contributed by atoms with Crippen molar-refractivity contribution in [2.75, 3.05) is 24.9 Å². The predicted octanol–water partition coefficient (Wildman–Crippen LogP) is 6.29. The van der Waals surface area contributed by atoms with Crippen molar-refractivity contribution in [2.24, 2.45) is 0 Å². The topological polar surface area (TPSA) is 75.4 Å². The predicted molar refractivity (Wildman–Crippen MR) is 121 cm³/mol. The van der Waals surface area contributed by atoms with Crippen LogP contribution in [0.5, 0.6) is 11.5 Å². The third-order valence-electron chi connectivity index (χ3n) is 4.80. The van der Waals surface area contributed by atoms with E-state index in [1.54, 1.807) is 24.3 Å². The summed E-state index contributed by atoms with van der Waals surface area (Å²) in [5.74, 6) is 0.490. The van der Waals surface area contributed by atoms with E-state index in [-0.39, 0.29) is 5.82 Å². The van der Waals surface area contributed by atoms with Crippen LogP contribution in [0.1, 0.15) is 0 Å². The fraction of sp³-hybridized carbons (Fsp3) is 0.0870. The highest BCUT2D eigenvalue weighted by molar-refractivity contribution is 6.32. The van der Waals surface area contributed by atoms with E-state index < -0.39 is 6.03 Å². The lowest BCUT2D eigenvalue weighted by atomic mass is 10.1. The van der Waals surface area contributed by atoms with Crippen molar-refractivity contribution in [3.8, 4) is 22.8 Å². The van der Waals surface area contributed by atoms with Crippen molar-refractivity contribution < 1.29 is 18.7 Å². The molecule has 0 saturated heterocycles. The molecule has 8 heteroatoms. The first-order valence-electron chi connectivity index (χ1n) is 9.36. The highest BCUT2D eigenvalue weighted by Gasteiger charge is 2.17. The number of fused-ring (bicyclic) bond motifs is 1. The molecule has 3 N–H and O–H groups in total. The number of benzene rings is 3. The van der Waals surface area contributed by atoms with Gasteiger partial charge in [0, 0.05) is 22.5 Å². The van der Waals surface area contributed by atoms with Gasteiger partial charge in [0.05, 0.1) is 36.3 Å². The van der Waals surface area contributed by atoms with Gasteiger partial charge < -0.3 is 25.1 Å². The summed E-state index contributed by atoms with van der Waals surface area (Å²) in [5.41, 5.74) is 3.18. The zero-order valence-electron chi connectivity index (χ0n) is 16.8. The van der Waals surface area contributed by atoms with Crippen LogP contribution >= 0.6 is 11.6 Å². The van der Waals surface area contributed by atoms with Crippen LogP contribution in [0, 0.1) is 5.82 Å². The summed E-state index contributed by atoms with van der Waals surface area (Å²) < 4.78 is 23.9. The number of rotatable bonds is 5. The molecule has 4 rings (SSSR count). The molecule has 0 aliphatic heterocycles. The zero-order chi connectivity index (χ0) is 22.0. The Morgan fingerprint density at radius 3 is 2.39 bits per heavy atom. The van der Waals surface area contributed by atoms with Gasteiger partial charge in [0.1, 0.15) is 17.3 Å². The van der Waals surface area contributed by atoms with E-state index >= 15 is 0 Å². The van der Waals surface area contributed by atoms with Crippen LogP contribution in [0.4, 0.5) is 20.6 Å². The van der Waals surface area contributed by atoms with Crippen LogP contribution in [0.2, 0.25) is 5.02 Å². The number of halogens is 2. The monoisotopic (exact) mass is 439 g/mol. The number of aromatic amines is 1. The van der Waals surface area contributed by atoms with Crippen LogP contribution in [0.15, 0.2) is 60.7 Å². The van der Waals surface area contributed by atoms with Gasteiger partial charge in [0.2, 0.25) is 0 Å². The minimum atomic E-state index is -0.493. The fourth-order valence-corrected chi connectivity index (χ4v) is 3.57. The van der Waals surface area contributed by atoms with E-state index in [0.717, 1.165) is 16.5 Å². The zero-order valence-corrected chi connectivity index (χ0v) is 17.5. The van der Waals surface area contributed by atoms with Crippen LogP contribution in [0.3, 0.4) is 0 Å². The molecule has 0 spiro atoms. The highest BCUT2D eigenvalue weighted by atomic mass is 35.5. The number of carbonyl (C=O) groups excluding carboxylic acids is 1. The summed E-state index contributed by atoms with van der Waals surface area (Å²) in [6.07, 6.45) is 0. The molecule has 3 aromatic carbocycles. The number of anilines is 2. The lowest BCUT2D eigenvalue weighted by Gasteiger charge is -2.14. The Bertz CT molecular complexity index is 1260. The molecule has 0 aliphatic rings. The molecule has 158 valence electrons. The lowest BCUT2D eigenvalue weighted by molar-refractivity contribution is 0.262. The molecule has 31 heavy (non-hydrogen) atoms. The van der Waals surface area contributed by atoms with E-state index in [0.29, 0.717) is 33.6 Å². The minimum absolute atomic E-state index is 0.331. The quantitative estimate of drug-likeness (QED) is 0.342. The number of aromatic nitrogens is 1. The van der Waals surface area contributed by atoms with Gasteiger partial charge in [-0.2, -0.15) is 0 Å². The molecule has 1 aromatic heterocycles. The molecular weight excluding hydrogens is 421 g/mol. The number of amides is 2. The molecule has 0 aliphatic carbocycles. The summed E-state index contributed by atoms with van der Waals surface area (Å²) in [4.78, 5) is 16.2. The Balaban J connectivity index is 1.69. The van der Waals surface area contributed by atoms with Crippen LogP contribution in [-0.2, 0) is 0 Å². The van der Waals surface area contributed by atoms with Gasteiger partial charge in [-0.25, -0.2) is 9.18 Å². The van der Waals surface area contributed by atoms with Gasteiger partial charge >= 0.3 is 6.03 Å². The molecule has 0 fully saturated rings. The first-order chi connectivity index (χ1) is 15.0. The second kappa shape index (κ2) is 8.57. The van der Waals surface area contributed by atoms with Crippen LogP contribution in [0.25, 0.3) is 22.2 Å². The molecule has 0 unspecified atom stereocenters. The van der Waals surface area contributed by atoms with Crippen molar-refractivity contribution in [1.29, 1.82) is 0 Å². The van der Waals surface area contributed by atoms with E-state index in [4.69, 9.17) is 21.1 Å². The summed E-state index contributed by atoms with van der Waals surface area (Å²) in [6.45, 7) is 0. The third-order valence-corrected chi connectivity index (χ3v) is 5.09. The largest absolute Gasteiger partial charge is 0.495 e. The first kappa shape index (κ1) is 20.6. The van der Waals surface area contributed by atoms with Gasteiger partial charge in [0.25, 0.3) is 0 Å². The summed E-state index contributed by atoms with van der Waals surface area (Å²) >= 11 is 6.19. The molecular formula is C23H19ClFN3O3. The normalized spacial score (nSPS) is 10.7. The SMILES string of the molecule is COc1cc(OC)c(NC(=O)Nc2c(-c3ccc(F)cc3)[nH]c3ccccc23)cc1Cl. The molecule has 1 heterocycles. The molecule has 0 atom stereocenters. The smallest absolute Gasteiger partial charge is 0.323 e. The highest BCUT2D eigenvalue weighted by Crippen LogP contribution is 2.37. The minimum Gasteiger partial charge on any atom is -0.495 e. The Labute approximate surface area is 182 Å². The maximum Gasteiger partial charge on any atom is 0.323 e. The van der Waals surface area contributed by atoms with Gasteiger partial charge in [-0.15, -0.1) is 0 Å². The first-order valence-corrected chi connectivity index (χ1v) is 9.74. The second-order valence-corrected chi connectivity index (χ2v) is 7.10. The number of hydrogen-bond acceptors (Lipinski definition) is 3. The molecule has 6 nitrogen and oxygen atoms in total. The summed E-state index contributed by atoms with van der Waals surface area (Å²) in [5, 5.41) is 6.79. The average Bonchev–Trinajstić information content (AvgIpc) is 3.13. The van der Waals surface area contributed by atoms with Gasteiger partial charge in [0.15, 0.2) is 0 Å². The Morgan fingerprint density at radius 2 is 1.68 bits per heavy atom. The van der Waals surface area contributed by atoms with Crippen molar-refractivity contribution in [2.45, 2.75) is 0 Å². The molecule has 0 bridgehead atoms. The number of para-hydroxylation sites is 1. The number of urea groups is 1. The van der Waals surface area contributed by atoms with Crippen molar-refractivity contribution in [3.63, 3.8) is 0 Å². The van der Waals surface area contributed by atoms with Crippen LogP contribution < -0.4 is 20.1 Å². The van der Waals surface area contributed by atoms with Crippen LogP contribution in [-0.4, -0.2) is 25.2 Å². The van der Waals surface area contributed by atoms with Crippen molar-refractivity contribution >= 4 is 39.9 Å². The van der Waals surface area contributed by atoms with Crippen molar-refractivity contribution in [1.82, 2.24) is 4.98 Å². The summed E-state index contributed by atoms with van der Waals surface area (Å²) in [7, 11) is 2.98. The third kappa shape index (κ3) is 4.13. The number of hydrogen-bond donors (Lipinski definition) is 3. The summed E-state index contributed by atoms with van der Waals surface area (Å²) in [6, 6.07) is 16.2. The second-order valence-electron chi connectivity index (χ2n) is 6.69. The van der Waals surface area contributed by atoms with Gasteiger partial charge in [-0.05, 0) is 36.4 Å². The van der Waals surface area contributed by atoms with Gasteiger partial charge in [-0.3, -0.25) is 0 Å². The maximum absolute atomic E-state index is 13.4. The van der Waals surface area contributed by atoms with Crippen molar-refractivity contribution in [3.05, 3.63) is 71.5 Å². The Hall–Kier alpha value is -3.71. The average molecular weight is 440 g/mol. The standard InChI is InChI=1S/C23H19ClFN3O3/c1-30-19-12-20(31-2)18(11-16(19)24)27-23(29)28-22-15-5-3-4-6-17(15)26-21(22)13-7-9-14(25)10-8-13/h3-12,26H,1-2H3,(H2,27,28,29). The molecule has 0 saturated carbocycles.